The number of halogens is 1. The van der Waals surface area contributed by atoms with Gasteiger partial charge in [-0.3, -0.25) is 9.89 Å². The van der Waals surface area contributed by atoms with Gasteiger partial charge in [-0.25, -0.2) is 8.42 Å². The van der Waals surface area contributed by atoms with Crippen molar-refractivity contribution in [3.05, 3.63) is 59.2 Å². The van der Waals surface area contributed by atoms with Gasteiger partial charge in [-0.05, 0) is 56.2 Å². The highest BCUT2D eigenvalue weighted by Gasteiger charge is 2.30. The van der Waals surface area contributed by atoms with E-state index in [1.165, 1.54) is 10.4 Å². The number of nitrogens with zero attached hydrogens (tertiary/aromatic N) is 2. The molecule has 0 spiro atoms. The van der Waals surface area contributed by atoms with Gasteiger partial charge in [0.2, 0.25) is 10.0 Å². The van der Waals surface area contributed by atoms with Crippen LogP contribution in [0, 0.1) is 0 Å². The third-order valence-corrected chi connectivity index (χ3v) is 7.28. The molecule has 0 saturated carbocycles. The van der Waals surface area contributed by atoms with Crippen molar-refractivity contribution < 1.29 is 17.9 Å². The molecule has 1 amide bonds. The van der Waals surface area contributed by atoms with E-state index in [0.29, 0.717) is 36.1 Å². The molecule has 168 valence electrons. The van der Waals surface area contributed by atoms with E-state index in [0.717, 1.165) is 18.4 Å². The van der Waals surface area contributed by atoms with Crippen LogP contribution in [-0.4, -0.2) is 48.5 Å². The smallest absolute Gasteiger partial charge is 0.273 e. The van der Waals surface area contributed by atoms with Crippen LogP contribution in [0.5, 0.6) is 5.75 Å². The second kappa shape index (κ2) is 9.32. The molecule has 1 aliphatic rings. The highest BCUT2D eigenvalue weighted by atomic mass is 35.5. The van der Waals surface area contributed by atoms with Crippen LogP contribution in [-0.2, 0) is 10.0 Å². The summed E-state index contributed by atoms with van der Waals surface area (Å²) in [5.74, 6) is -0.179. The summed E-state index contributed by atoms with van der Waals surface area (Å²) in [5, 5.41) is 10.2. The third kappa shape index (κ3) is 4.64. The molecule has 10 heteroatoms. The molecular weight excluding hydrogens is 452 g/mol. The highest BCUT2D eigenvalue weighted by Crippen LogP contribution is 2.32. The number of carbonyl (C=O) groups is 1. The fourth-order valence-corrected chi connectivity index (χ4v) is 5.43. The number of sulfonamides is 1. The summed E-state index contributed by atoms with van der Waals surface area (Å²) in [5.41, 5.74) is 1.92. The van der Waals surface area contributed by atoms with Gasteiger partial charge in [0.05, 0.1) is 12.3 Å². The second-order valence-corrected chi connectivity index (χ2v) is 9.68. The highest BCUT2D eigenvalue weighted by molar-refractivity contribution is 7.89. The Morgan fingerprint density at radius 2 is 1.97 bits per heavy atom. The van der Waals surface area contributed by atoms with Gasteiger partial charge in [-0.1, -0.05) is 23.7 Å². The van der Waals surface area contributed by atoms with Crippen LogP contribution in [0.2, 0.25) is 5.02 Å². The van der Waals surface area contributed by atoms with Crippen LogP contribution in [0.25, 0.3) is 11.3 Å². The van der Waals surface area contributed by atoms with Gasteiger partial charge in [0.15, 0.2) is 0 Å². The monoisotopic (exact) mass is 474 g/mol. The van der Waals surface area contributed by atoms with Crippen LogP contribution in [0.15, 0.2) is 53.4 Å². The molecular formula is C22H23ClN4O4S. The maximum Gasteiger partial charge on any atom is 0.273 e. The Balaban J connectivity index is 1.58. The molecule has 3 aromatic rings. The Bertz CT molecular complexity index is 1240. The molecule has 1 fully saturated rings. The van der Waals surface area contributed by atoms with Gasteiger partial charge in [0.25, 0.3) is 5.91 Å². The molecule has 8 nitrogen and oxygen atoms in total. The van der Waals surface area contributed by atoms with Crippen molar-refractivity contribution in [3.63, 3.8) is 0 Å². The lowest BCUT2D eigenvalue weighted by Crippen LogP contribution is -2.28. The van der Waals surface area contributed by atoms with Gasteiger partial charge < -0.3 is 10.1 Å². The number of aromatic nitrogens is 2. The minimum atomic E-state index is -3.73. The average Bonchev–Trinajstić information content (AvgIpc) is 3.48. The van der Waals surface area contributed by atoms with Crippen molar-refractivity contribution in [2.75, 3.05) is 25.0 Å². The summed E-state index contributed by atoms with van der Waals surface area (Å²) in [6, 6.07) is 13.4. The molecule has 4 rings (SSSR count). The maximum atomic E-state index is 13.1. The van der Waals surface area contributed by atoms with Crippen molar-refractivity contribution in [3.8, 4) is 17.0 Å². The fraction of sp³-hybridized carbons (Fsp3) is 0.273. The standard InChI is InChI=1S/C22H23ClN4O4S/c1-2-31-20-9-8-17(13-21(20)32(29,30)27-10-3-4-11-27)24-22(28)19-14-18(25-26-19)15-6-5-7-16(23)12-15/h5-9,12-14H,2-4,10-11H2,1H3,(H,24,28)(H,25,26). The van der Waals surface area contributed by atoms with Crippen LogP contribution >= 0.6 is 11.6 Å². The number of rotatable bonds is 7. The zero-order valence-electron chi connectivity index (χ0n) is 17.5. The molecule has 32 heavy (non-hydrogen) atoms. The summed E-state index contributed by atoms with van der Waals surface area (Å²) in [6.45, 7) is 3.07. The predicted octanol–water partition coefficient (Wildman–Crippen LogP) is 4.17. The number of aromatic amines is 1. The van der Waals surface area contributed by atoms with Gasteiger partial charge in [0.1, 0.15) is 16.3 Å². The van der Waals surface area contributed by atoms with Gasteiger partial charge in [0, 0.05) is 29.4 Å². The van der Waals surface area contributed by atoms with Crippen molar-refractivity contribution in [2.24, 2.45) is 0 Å². The van der Waals surface area contributed by atoms with Gasteiger partial charge >= 0.3 is 0 Å². The summed E-state index contributed by atoms with van der Waals surface area (Å²) < 4.78 is 33.3. The molecule has 0 bridgehead atoms. The number of amides is 1. The van der Waals surface area contributed by atoms with E-state index in [-0.39, 0.29) is 16.3 Å². The molecule has 2 heterocycles. The number of nitrogens with one attached hydrogen (secondary N) is 2. The molecule has 0 atom stereocenters. The van der Waals surface area contributed by atoms with Crippen LogP contribution in [0.4, 0.5) is 5.69 Å². The van der Waals surface area contributed by atoms with Crippen molar-refractivity contribution >= 4 is 33.2 Å². The summed E-state index contributed by atoms with van der Waals surface area (Å²) in [7, 11) is -3.73. The SMILES string of the molecule is CCOc1ccc(NC(=O)c2cc(-c3cccc(Cl)c3)n[nH]2)cc1S(=O)(=O)N1CCCC1. The molecule has 2 N–H and O–H groups in total. The number of ether oxygens (including phenoxy) is 1. The Morgan fingerprint density at radius 1 is 1.19 bits per heavy atom. The first-order chi connectivity index (χ1) is 15.4. The quantitative estimate of drug-likeness (QED) is 0.535. The number of hydrogen-bond donors (Lipinski definition) is 2. The number of H-pyrrole nitrogens is 1. The molecule has 0 unspecified atom stereocenters. The van der Waals surface area contributed by atoms with E-state index in [4.69, 9.17) is 16.3 Å². The van der Waals surface area contributed by atoms with Crippen molar-refractivity contribution in [1.29, 1.82) is 0 Å². The van der Waals surface area contributed by atoms with Crippen LogP contribution in [0.3, 0.4) is 0 Å². The first-order valence-corrected chi connectivity index (χ1v) is 12.1. The Labute approximate surface area is 191 Å². The maximum absolute atomic E-state index is 13.1. The van der Waals surface area contributed by atoms with E-state index < -0.39 is 15.9 Å². The Hall–Kier alpha value is -2.88. The predicted molar refractivity (Wildman–Crippen MR) is 123 cm³/mol. The van der Waals surface area contributed by atoms with Gasteiger partial charge in [-0.15, -0.1) is 0 Å². The summed E-state index contributed by atoms with van der Waals surface area (Å²) in [4.78, 5) is 12.8. The minimum absolute atomic E-state index is 0.0447. The Kier molecular flexibility index (Phi) is 6.50. The van der Waals surface area contributed by atoms with Crippen LogP contribution in [0.1, 0.15) is 30.3 Å². The zero-order chi connectivity index (χ0) is 22.7. The van der Waals surface area contributed by atoms with E-state index in [1.807, 2.05) is 6.07 Å². The first kappa shape index (κ1) is 22.3. The normalized spacial score (nSPS) is 14.4. The lowest BCUT2D eigenvalue weighted by Gasteiger charge is -2.19. The fourth-order valence-electron chi connectivity index (χ4n) is 3.56. The molecule has 1 saturated heterocycles. The van der Waals surface area contributed by atoms with Gasteiger partial charge in [-0.2, -0.15) is 9.40 Å². The third-order valence-electron chi connectivity index (χ3n) is 5.13. The van der Waals surface area contributed by atoms with Crippen molar-refractivity contribution in [1.82, 2.24) is 14.5 Å². The molecule has 1 aliphatic heterocycles. The van der Waals surface area contributed by atoms with E-state index >= 15 is 0 Å². The van der Waals surface area contributed by atoms with E-state index in [9.17, 15) is 13.2 Å². The van der Waals surface area contributed by atoms with E-state index in [1.54, 1.807) is 43.3 Å². The lowest BCUT2D eigenvalue weighted by atomic mass is 10.1. The zero-order valence-corrected chi connectivity index (χ0v) is 19.0. The molecule has 0 radical (unpaired) electrons. The largest absolute Gasteiger partial charge is 0.492 e. The average molecular weight is 475 g/mol. The molecule has 2 aromatic carbocycles. The first-order valence-electron chi connectivity index (χ1n) is 10.3. The molecule has 0 aliphatic carbocycles. The number of hydrogen-bond acceptors (Lipinski definition) is 5. The number of benzene rings is 2. The van der Waals surface area contributed by atoms with Crippen LogP contribution < -0.4 is 10.1 Å². The number of carbonyl (C=O) groups excluding carboxylic acids is 1. The van der Waals surface area contributed by atoms with E-state index in [2.05, 4.69) is 15.5 Å². The molecule has 1 aromatic heterocycles. The lowest BCUT2D eigenvalue weighted by molar-refractivity contribution is 0.102. The minimum Gasteiger partial charge on any atom is -0.492 e. The topological polar surface area (TPSA) is 104 Å². The second-order valence-electron chi connectivity index (χ2n) is 7.34. The summed E-state index contributed by atoms with van der Waals surface area (Å²) in [6.07, 6.45) is 1.66. The summed E-state index contributed by atoms with van der Waals surface area (Å²) >= 11 is 6.03. The van der Waals surface area contributed by atoms with Crippen molar-refractivity contribution in [2.45, 2.75) is 24.7 Å². The number of anilines is 1. The Morgan fingerprint density at radius 3 is 2.69 bits per heavy atom.